The standard InChI is InChI=1S/C38H55NO4/c1-29-20-22-34(23-21-29)43-25-24-38(42)39-35(26-31-14-7-3-8-15-31)37(41)28-32(17-11-16-30-12-5-2-6-13-30)27-36(40)33-18-9-4-10-19-33/h3,7-8,14-15,20-23,30,32-33,35,37,41H,2,4-6,9-13,16-19,24-28H2,1H3,(H,39,42)/t32-,35+,37+/m1/s1. The molecule has 4 rings (SSSR count). The van der Waals surface area contributed by atoms with Gasteiger partial charge in [-0.15, -0.1) is 0 Å². The summed E-state index contributed by atoms with van der Waals surface area (Å²) in [5.74, 6) is 2.18. The van der Waals surface area contributed by atoms with Crippen molar-refractivity contribution in [2.45, 2.75) is 128 Å². The number of amides is 1. The number of nitrogens with one attached hydrogen (secondary N) is 1. The summed E-state index contributed by atoms with van der Waals surface area (Å²) in [7, 11) is 0. The number of carbonyl (C=O) groups is 2. The van der Waals surface area contributed by atoms with Crippen LogP contribution in [-0.4, -0.2) is 35.5 Å². The van der Waals surface area contributed by atoms with Gasteiger partial charge in [0.15, 0.2) is 0 Å². The molecule has 0 aliphatic heterocycles. The van der Waals surface area contributed by atoms with Gasteiger partial charge in [0.25, 0.3) is 0 Å². The summed E-state index contributed by atoms with van der Waals surface area (Å²) in [5.41, 5.74) is 2.24. The molecule has 0 unspecified atom stereocenters. The molecule has 2 N–H and O–H groups in total. The maximum absolute atomic E-state index is 13.4. The molecule has 2 aliphatic rings. The Morgan fingerprint density at radius 1 is 0.907 bits per heavy atom. The number of Topliss-reactive ketones (excluding diaryl/α,β-unsaturated/α-hetero) is 1. The molecule has 0 radical (unpaired) electrons. The Bertz CT molecular complexity index is 1070. The molecule has 43 heavy (non-hydrogen) atoms. The molecule has 236 valence electrons. The highest BCUT2D eigenvalue weighted by molar-refractivity contribution is 5.81. The summed E-state index contributed by atoms with van der Waals surface area (Å²) in [4.78, 5) is 26.4. The van der Waals surface area contributed by atoms with Crippen molar-refractivity contribution >= 4 is 11.7 Å². The van der Waals surface area contributed by atoms with Crippen LogP contribution in [0.15, 0.2) is 54.6 Å². The number of aryl methyl sites for hydroxylation is 1. The van der Waals surface area contributed by atoms with Crippen LogP contribution in [0.2, 0.25) is 0 Å². The second kappa shape index (κ2) is 18.2. The maximum Gasteiger partial charge on any atom is 0.223 e. The van der Waals surface area contributed by atoms with Gasteiger partial charge >= 0.3 is 0 Å². The van der Waals surface area contributed by atoms with E-state index in [1.54, 1.807) is 0 Å². The van der Waals surface area contributed by atoms with Crippen LogP contribution in [0.25, 0.3) is 0 Å². The van der Waals surface area contributed by atoms with Crippen molar-refractivity contribution in [2.24, 2.45) is 17.8 Å². The minimum Gasteiger partial charge on any atom is -0.493 e. The third kappa shape index (κ3) is 12.1. The summed E-state index contributed by atoms with van der Waals surface area (Å²) in [6.45, 7) is 2.31. The lowest BCUT2D eigenvalue weighted by atomic mass is 9.79. The summed E-state index contributed by atoms with van der Waals surface area (Å²) in [6, 6.07) is 17.4. The van der Waals surface area contributed by atoms with Crippen LogP contribution < -0.4 is 10.1 Å². The van der Waals surface area contributed by atoms with Crippen molar-refractivity contribution in [3.05, 3.63) is 65.7 Å². The third-order valence-electron chi connectivity index (χ3n) is 9.80. The third-order valence-corrected chi connectivity index (χ3v) is 9.80. The molecule has 0 aromatic heterocycles. The Labute approximate surface area is 260 Å². The lowest BCUT2D eigenvalue weighted by molar-refractivity contribution is -0.126. The van der Waals surface area contributed by atoms with Gasteiger partial charge in [-0.1, -0.05) is 112 Å². The van der Waals surface area contributed by atoms with Crippen LogP contribution in [0, 0.1) is 24.7 Å². The number of hydrogen-bond donors (Lipinski definition) is 2. The fourth-order valence-corrected chi connectivity index (χ4v) is 7.18. The summed E-state index contributed by atoms with van der Waals surface area (Å²) >= 11 is 0. The Balaban J connectivity index is 1.36. The number of rotatable bonds is 17. The number of benzene rings is 2. The number of ether oxygens (including phenoxy) is 1. The molecule has 0 spiro atoms. The van der Waals surface area contributed by atoms with Crippen molar-refractivity contribution < 1.29 is 19.4 Å². The fourth-order valence-electron chi connectivity index (χ4n) is 7.18. The van der Waals surface area contributed by atoms with Crippen molar-refractivity contribution in [2.75, 3.05) is 6.61 Å². The van der Waals surface area contributed by atoms with E-state index in [-0.39, 0.29) is 30.8 Å². The quantitative estimate of drug-likeness (QED) is 0.195. The van der Waals surface area contributed by atoms with Crippen LogP contribution in [0.4, 0.5) is 0 Å². The molecular weight excluding hydrogens is 534 g/mol. The molecular formula is C38H55NO4. The van der Waals surface area contributed by atoms with E-state index in [0.717, 1.165) is 61.3 Å². The molecule has 2 fully saturated rings. The maximum atomic E-state index is 13.4. The highest BCUT2D eigenvalue weighted by Gasteiger charge is 2.29. The van der Waals surface area contributed by atoms with Gasteiger partial charge in [-0.2, -0.15) is 0 Å². The Morgan fingerprint density at radius 2 is 1.58 bits per heavy atom. The molecule has 2 aliphatic carbocycles. The molecule has 0 bridgehead atoms. The molecule has 3 atom stereocenters. The predicted octanol–water partition coefficient (Wildman–Crippen LogP) is 8.15. The van der Waals surface area contributed by atoms with E-state index in [1.165, 1.54) is 44.9 Å². The number of aliphatic hydroxyl groups excluding tert-OH is 1. The average Bonchev–Trinajstić information content (AvgIpc) is 3.03. The lowest BCUT2D eigenvalue weighted by Gasteiger charge is -2.29. The number of aliphatic hydroxyl groups is 1. The smallest absolute Gasteiger partial charge is 0.223 e. The van der Waals surface area contributed by atoms with E-state index in [9.17, 15) is 14.7 Å². The number of ketones is 1. The van der Waals surface area contributed by atoms with E-state index in [2.05, 4.69) is 5.32 Å². The Kier molecular flexibility index (Phi) is 14.1. The van der Waals surface area contributed by atoms with Crippen LogP contribution >= 0.6 is 0 Å². The normalized spacial score (nSPS) is 18.5. The minimum atomic E-state index is -0.721. The summed E-state index contributed by atoms with van der Waals surface area (Å²) < 4.78 is 5.79. The fraction of sp³-hybridized carbons (Fsp3) is 0.632. The van der Waals surface area contributed by atoms with E-state index < -0.39 is 12.1 Å². The highest BCUT2D eigenvalue weighted by atomic mass is 16.5. The molecule has 0 heterocycles. The van der Waals surface area contributed by atoms with Crippen LogP contribution in [0.3, 0.4) is 0 Å². The number of hydrogen-bond acceptors (Lipinski definition) is 4. The zero-order chi connectivity index (χ0) is 30.3. The second-order valence-corrected chi connectivity index (χ2v) is 13.4. The van der Waals surface area contributed by atoms with Gasteiger partial charge in [0.05, 0.1) is 25.2 Å². The van der Waals surface area contributed by atoms with Crippen molar-refractivity contribution in [1.29, 1.82) is 0 Å². The van der Waals surface area contributed by atoms with Gasteiger partial charge in [-0.05, 0) is 68.6 Å². The van der Waals surface area contributed by atoms with Gasteiger partial charge in [-0.3, -0.25) is 9.59 Å². The summed E-state index contributed by atoms with van der Waals surface area (Å²) in [6.07, 6.45) is 16.8. The van der Waals surface area contributed by atoms with E-state index in [4.69, 9.17) is 4.74 Å². The largest absolute Gasteiger partial charge is 0.493 e. The van der Waals surface area contributed by atoms with Gasteiger partial charge < -0.3 is 15.2 Å². The highest BCUT2D eigenvalue weighted by Crippen LogP contribution is 2.32. The first-order chi connectivity index (χ1) is 21.0. The van der Waals surface area contributed by atoms with Gasteiger partial charge in [-0.25, -0.2) is 0 Å². The molecule has 5 nitrogen and oxygen atoms in total. The second-order valence-electron chi connectivity index (χ2n) is 13.4. The first-order valence-corrected chi connectivity index (χ1v) is 17.2. The van der Waals surface area contributed by atoms with Gasteiger partial charge in [0.1, 0.15) is 11.5 Å². The van der Waals surface area contributed by atoms with E-state index >= 15 is 0 Å². The lowest BCUT2D eigenvalue weighted by Crippen LogP contribution is -2.46. The van der Waals surface area contributed by atoms with Crippen molar-refractivity contribution in [1.82, 2.24) is 5.32 Å². The van der Waals surface area contributed by atoms with Crippen molar-refractivity contribution in [3.63, 3.8) is 0 Å². The molecule has 2 aromatic carbocycles. The van der Waals surface area contributed by atoms with Crippen molar-refractivity contribution in [3.8, 4) is 5.75 Å². The van der Waals surface area contributed by atoms with E-state index in [0.29, 0.717) is 25.0 Å². The molecule has 0 saturated heterocycles. The average molecular weight is 590 g/mol. The van der Waals surface area contributed by atoms with Crippen LogP contribution in [0.1, 0.15) is 114 Å². The zero-order valence-corrected chi connectivity index (χ0v) is 26.5. The first-order valence-electron chi connectivity index (χ1n) is 17.2. The Morgan fingerprint density at radius 3 is 2.28 bits per heavy atom. The zero-order valence-electron chi connectivity index (χ0n) is 26.5. The molecule has 2 saturated carbocycles. The first kappa shape index (κ1) is 33.2. The molecule has 2 aromatic rings. The summed E-state index contributed by atoms with van der Waals surface area (Å²) in [5, 5.41) is 14.8. The van der Waals surface area contributed by atoms with Crippen LogP contribution in [0.5, 0.6) is 5.75 Å². The Hall–Kier alpha value is -2.66. The molecule has 5 heteroatoms. The monoisotopic (exact) mass is 589 g/mol. The van der Waals surface area contributed by atoms with Gasteiger partial charge in [0.2, 0.25) is 5.91 Å². The predicted molar refractivity (Wildman–Crippen MR) is 174 cm³/mol. The SMILES string of the molecule is Cc1ccc(OCCC(=O)N[C@@H](Cc2ccccc2)[C@@H](O)C[C@H](CCCC2CCCCC2)CC(=O)C2CCCCC2)cc1. The van der Waals surface area contributed by atoms with Gasteiger partial charge in [0, 0.05) is 12.3 Å². The minimum absolute atomic E-state index is 0.126. The van der Waals surface area contributed by atoms with E-state index in [1.807, 2.05) is 61.5 Å². The number of carbonyl (C=O) groups excluding carboxylic acids is 2. The topological polar surface area (TPSA) is 75.6 Å². The molecule has 1 amide bonds. The van der Waals surface area contributed by atoms with Crippen LogP contribution in [-0.2, 0) is 16.0 Å².